The van der Waals surface area contributed by atoms with Crippen molar-refractivity contribution in [3.63, 3.8) is 0 Å². The number of carbonyl (C=O) groups is 2. The first-order valence-corrected chi connectivity index (χ1v) is 7.25. The fraction of sp³-hybridized carbons (Fsp3) is 0.294. The first-order valence-electron chi connectivity index (χ1n) is 7.25. The molecule has 124 valence electrons. The van der Waals surface area contributed by atoms with Gasteiger partial charge in [-0.2, -0.15) is 5.26 Å². The van der Waals surface area contributed by atoms with E-state index in [0.717, 1.165) is 0 Å². The highest BCUT2D eigenvalue weighted by Crippen LogP contribution is 2.46. The molecule has 7 nitrogen and oxygen atoms in total. The number of hydrogen-bond donors (Lipinski definition) is 0. The van der Waals surface area contributed by atoms with Crippen LogP contribution in [0.15, 0.2) is 12.3 Å². The van der Waals surface area contributed by atoms with Gasteiger partial charge >= 0.3 is 11.9 Å². The van der Waals surface area contributed by atoms with Crippen LogP contribution in [0, 0.1) is 18.3 Å². The van der Waals surface area contributed by atoms with Crippen molar-refractivity contribution in [1.29, 1.82) is 5.26 Å². The van der Waals surface area contributed by atoms with Crippen LogP contribution in [0.1, 0.15) is 32.0 Å². The summed E-state index contributed by atoms with van der Waals surface area (Å²) in [6.45, 7) is 6.27. The molecule has 24 heavy (non-hydrogen) atoms. The van der Waals surface area contributed by atoms with Crippen LogP contribution < -0.4 is 14.2 Å². The number of carbonyl (C=O) groups excluding carboxylic acids is 2. The second kappa shape index (κ2) is 6.96. The molecule has 0 aliphatic rings. The second-order valence-electron chi connectivity index (χ2n) is 4.93. The average Bonchev–Trinajstić information content (AvgIpc) is 2.53. The quantitative estimate of drug-likeness (QED) is 0.628. The van der Waals surface area contributed by atoms with Gasteiger partial charge in [-0.25, -0.2) is 4.98 Å². The minimum atomic E-state index is -0.565. The fourth-order valence-electron chi connectivity index (χ4n) is 2.39. The zero-order chi connectivity index (χ0) is 17.9. The Morgan fingerprint density at radius 1 is 1.17 bits per heavy atom. The van der Waals surface area contributed by atoms with Gasteiger partial charge in [-0.05, 0) is 19.9 Å². The van der Waals surface area contributed by atoms with Gasteiger partial charge in [-0.15, -0.1) is 0 Å². The van der Waals surface area contributed by atoms with E-state index in [4.69, 9.17) is 14.2 Å². The molecule has 2 rings (SSSR count). The maximum atomic E-state index is 11.5. The average molecular weight is 328 g/mol. The number of hydrogen-bond acceptors (Lipinski definition) is 7. The molecule has 7 heteroatoms. The monoisotopic (exact) mass is 328 g/mol. The highest BCUT2D eigenvalue weighted by molar-refractivity contribution is 6.01. The number of aromatic nitrogens is 1. The lowest BCUT2D eigenvalue weighted by molar-refractivity contribution is -0.133. The molecule has 1 aromatic carbocycles. The van der Waals surface area contributed by atoms with Crippen LogP contribution in [-0.4, -0.2) is 23.5 Å². The zero-order valence-electron chi connectivity index (χ0n) is 13.8. The number of benzene rings is 1. The third-order valence-electron chi connectivity index (χ3n) is 3.20. The van der Waals surface area contributed by atoms with E-state index < -0.39 is 11.9 Å². The van der Waals surface area contributed by atoms with Crippen molar-refractivity contribution in [2.75, 3.05) is 6.61 Å². The number of rotatable bonds is 4. The van der Waals surface area contributed by atoms with E-state index >= 15 is 0 Å². The Morgan fingerprint density at radius 2 is 1.79 bits per heavy atom. The maximum Gasteiger partial charge on any atom is 0.308 e. The number of fused-ring (bicyclic) bond motifs is 1. The summed E-state index contributed by atoms with van der Waals surface area (Å²) in [6.07, 6.45) is 1.42. The Morgan fingerprint density at radius 3 is 2.33 bits per heavy atom. The first-order chi connectivity index (χ1) is 11.4. The Balaban J connectivity index is 2.99. The molecule has 0 fully saturated rings. The summed E-state index contributed by atoms with van der Waals surface area (Å²) in [6, 6.07) is 3.54. The summed E-state index contributed by atoms with van der Waals surface area (Å²) in [5.74, 6) is -0.504. The molecule has 0 radical (unpaired) electrons. The number of pyridine rings is 1. The molecule has 1 heterocycles. The summed E-state index contributed by atoms with van der Waals surface area (Å²) >= 11 is 0. The van der Waals surface area contributed by atoms with Crippen molar-refractivity contribution < 1.29 is 23.8 Å². The van der Waals surface area contributed by atoms with Crippen molar-refractivity contribution in [3.05, 3.63) is 23.5 Å². The van der Waals surface area contributed by atoms with Gasteiger partial charge in [-0.1, -0.05) is 0 Å². The third kappa shape index (κ3) is 3.13. The van der Waals surface area contributed by atoms with Crippen LogP contribution >= 0.6 is 0 Å². The summed E-state index contributed by atoms with van der Waals surface area (Å²) in [4.78, 5) is 27.0. The lowest BCUT2D eigenvalue weighted by Gasteiger charge is -2.19. The molecule has 0 aliphatic heterocycles. The van der Waals surface area contributed by atoms with E-state index in [9.17, 15) is 14.9 Å². The lowest BCUT2D eigenvalue weighted by atomic mass is 10.0. The number of ether oxygens (including phenoxy) is 3. The number of nitriles is 1. The minimum absolute atomic E-state index is 0.0399. The van der Waals surface area contributed by atoms with Gasteiger partial charge in [0.15, 0.2) is 17.2 Å². The Labute approximate surface area is 138 Å². The van der Waals surface area contributed by atoms with Crippen LogP contribution in [0.5, 0.6) is 17.2 Å². The number of nitrogens with zero attached hydrogens (tertiary/aromatic N) is 2. The van der Waals surface area contributed by atoms with Gasteiger partial charge in [0.2, 0.25) is 0 Å². The molecule has 2 aromatic rings. The van der Waals surface area contributed by atoms with Crippen molar-refractivity contribution in [2.45, 2.75) is 27.7 Å². The summed E-state index contributed by atoms with van der Waals surface area (Å²) in [5.41, 5.74) is 0.531. The molecule has 0 spiro atoms. The Hall–Kier alpha value is -3.14. The summed E-state index contributed by atoms with van der Waals surface area (Å²) in [5, 5.41) is 10.1. The van der Waals surface area contributed by atoms with Crippen LogP contribution in [0.2, 0.25) is 0 Å². The van der Waals surface area contributed by atoms with E-state index in [1.165, 1.54) is 20.0 Å². The van der Waals surface area contributed by atoms with Crippen LogP contribution in [-0.2, 0) is 9.59 Å². The third-order valence-corrected chi connectivity index (χ3v) is 3.20. The van der Waals surface area contributed by atoms with Gasteiger partial charge in [0.25, 0.3) is 0 Å². The van der Waals surface area contributed by atoms with E-state index in [0.29, 0.717) is 17.6 Å². The normalized spacial score (nSPS) is 10.1. The van der Waals surface area contributed by atoms with Gasteiger partial charge in [0, 0.05) is 31.0 Å². The Bertz CT molecular complexity index is 868. The molecule has 0 bridgehead atoms. The highest BCUT2D eigenvalue weighted by atomic mass is 16.6. The first kappa shape index (κ1) is 17.2. The summed E-state index contributed by atoms with van der Waals surface area (Å²) in [7, 11) is 0. The molecule has 0 unspecified atom stereocenters. The molecule has 0 atom stereocenters. The number of esters is 2. The smallest absolute Gasteiger partial charge is 0.308 e. The van der Waals surface area contributed by atoms with Crippen molar-refractivity contribution in [3.8, 4) is 23.3 Å². The van der Waals surface area contributed by atoms with Crippen molar-refractivity contribution >= 4 is 22.7 Å². The minimum Gasteiger partial charge on any atom is -0.490 e. The van der Waals surface area contributed by atoms with Gasteiger partial charge in [-0.3, -0.25) is 9.59 Å². The molecule has 0 aliphatic carbocycles. The van der Waals surface area contributed by atoms with Gasteiger partial charge in [0.1, 0.15) is 11.8 Å². The van der Waals surface area contributed by atoms with E-state index in [-0.39, 0.29) is 28.3 Å². The Kier molecular flexibility index (Phi) is 4.99. The summed E-state index contributed by atoms with van der Waals surface area (Å²) < 4.78 is 16.2. The van der Waals surface area contributed by atoms with Crippen LogP contribution in [0.25, 0.3) is 10.8 Å². The van der Waals surface area contributed by atoms with E-state index in [1.54, 1.807) is 19.9 Å². The van der Waals surface area contributed by atoms with Gasteiger partial charge in [0.05, 0.1) is 12.0 Å². The van der Waals surface area contributed by atoms with Crippen molar-refractivity contribution in [2.24, 2.45) is 0 Å². The zero-order valence-corrected chi connectivity index (χ0v) is 13.8. The predicted octanol–water partition coefficient (Wildman–Crippen LogP) is 2.66. The fourth-order valence-corrected chi connectivity index (χ4v) is 2.39. The van der Waals surface area contributed by atoms with E-state index in [1.807, 2.05) is 6.07 Å². The maximum absolute atomic E-state index is 11.5. The lowest BCUT2D eigenvalue weighted by Crippen LogP contribution is -2.10. The van der Waals surface area contributed by atoms with Crippen molar-refractivity contribution in [1.82, 2.24) is 4.98 Å². The predicted molar refractivity (Wildman–Crippen MR) is 85.0 cm³/mol. The topological polar surface area (TPSA) is 98.5 Å². The SMILES string of the molecule is CCOc1c(C)c(OC(C)=O)c2ccnc(C#N)c2c1OC(C)=O. The highest BCUT2D eigenvalue weighted by Gasteiger charge is 2.25. The molecular weight excluding hydrogens is 312 g/mol. The largest absolute Gasteiger partial charge is 0.490 e. The van der Waals surface area contributed by atoms with Crippen LogP contribution in [0.4, 0.5) is 0 Å². The molecule has 0 saturated heterocycles. The standard InChI is InChI=1S/C17H16N2O5/c1-5-22-16-9(2)15(23-10(3)20)12-6-7-19-13(8-18)14(12)17(16)24-11(4)21/h6-7H,5H2,1-4H3. The van der Waals surface area contributed by atoms with E-state index in [2.05, 4.69) is 4.98 Å². The molecule has 1 aromatic heterocycles. The van der Waals surface area contributed by atoms with Gasteiger partial charge < -0.3 is 14.2 Å². The molecular formula is C17H16N2O5. The van der Waals surface area contributed by atoms with Crippen LogP contribution in [0.3, 0.4) is 0 Å². The molecule has 0 amide bonds. The molecule has 0 saturated carbocycles. The molecule has 0 N–H and O–H groups in total. The second-order valence-corrected chi connectivity index (χ2v) is 4.93.